The second kappa shape index (κ2) is 9.90. The van der Waals surface area contributed by atoms with Crippen LogP contribution in [0.15, 0.2) is 42.5 Å². The molecule has 0 unspecified atom stereocenters. The van der Waals surface area contributed by atoms with Crippen molar-refractivity contribution in [1.82, 2.24) is 10.6 Å². The van der Waals surface area contributed by atoms with Crippen LogP contribution in [0, 0.1) is 13.8 Å². The van der Waals surface area contributed by atoms with Gasteiger partial charge in [-0.3, -0.25) is 14.4 Å². The smallest absolute Gasteiger partial charge is 0.325 e. The Morgan fingerprint density at radius 3 is 2.50 bits per heavy atom. The van der Waals surface area contributed by atoms with E-state index in [1.807, 2.05) is 26.0 Å². The fourth-order valence-corrected chi connectivity index (χ4v) is 2.68. The molecule has 2 amide bonds. The monoisotopic (exact) mass is 402 g/mol. The average Bonchev–Trinajstić information content (AvgIpc) is 2.66. The molecule has 0 fully saturated rings. The molecule has 0 saturated carbocycles. The molecule has 0 aliphatic rings. The number of amides is 2. The first-order valence-corrected chi connectivity index (χ1v) is 9.20. The summed E-state index contributed by atoms with van der Waals surface area (Å²) in [5.41, 5.74) is 3.37. The van der Waals surface area contributed by atoms with Crippen LogP contribution in [0.3, 0.4) is 0 Å². The number of ether oxygens (including phenoxy) is 1. The Morgan fingerprint density at radius 1 is 1.07 bits per heavy atom. The zero-order chi connectivity index (χ0) is 20.7. The highest BCUT2D eigenvalue weighted by molar-refractivity contribution is 6.30. The van der Waals surface area contributed by atoms with E-state index in [4.69, 9.17) is 16.3 Å². The molecule has 28 heavy (non-hydrogen) atoms. The van der Waals surface area contributed by atoms with Crippen molar-refractivity contribution in [2.24, 2.45) is 0 Å². The fraction of sp³-hybridized carbons (Fsp3) is 0.286. The number of carbonyl (C=O) groups is 3. The first-order chi connectivity index (χ1) is 13.3. The van der Waals surface area contributed by atoms with Crippen molar-refractivity contribution in [3.05, 3.63) is 69.7 Å². The number of esters is 1. The van der Waals surface area contributed by atoms with Crippen molar-refractivity contribution < 1.29 is 19.1 Å². The van der Waals surface area contributed by atoms with Gasteiger partial charge in [0.15, 0.2) is 6.61 Å². The number of rotatable bonds is 7. The summed E-state index contributed by atoms with van der Waals surface area (Å²) in [6.07, 6.45) is 0. The van der Waals surface area contributed by atoms with Crippen molar-refractivity contribution >= 4 is 29.4 Å². The average molecular weight is 403 g/mol. The number of hydrogen-bond donors (Lipinski definition) is 2. The SMILES string of the molecule is Cc1ccc(C(=O)NCC(=O)OCC(=O)N[C@H](C)c2cccc(Cl)c2)cc1C. The van der Waals surface area contributed by atoms with E-state index >= 15 is 0 Å². The molecule has 6 nitrogen and oxygen atoms in total. The minimum atomic E-state index is -0.692. The fourth-order valence-electron chi connectivity index (χ4n) is 2.48. The zero-order valence-corrected chi connectivity index (χ0v) is 16.8. The van der Waals surface area contributed by atoms with Gasteiger partial charge in [-0.05, 0) is 61.7 Å². The Bertz CT molecular complexity index is 882. The molecule has 0 radical (unpaired) electrons. The molecule has 0 aromatic heterocycles. The maximum Gasteiger partial charge on any atom is 0.325 e. The maximum atomic E-state index is 12.1. The zero-order valence-electron chi connectivity index (χ0n) is 16.0. The summed E-state index contributed by atoms with van der Waals surface area (Å²) in [5.74, 6) is -1.51. The molecule has 2 rings (SSSR count). The van der Waals surface area contributed by atoms with E-state index in [0.717, 1.165) is 16.7 Å². The normalized spacial score (nSPS) is 11.4. The Morgan fingerprint density at radius 2 is 1.82 bits per heavy atom. The highest BCUT2D eigenvalue weighted by atomic mass is 35.5. The molecule has 2 N–H and O–H groups in total. The van der Waals surface area contributed by atoms with E-state index in [9.17, 15) is 14.4 Å². The van der Waals surface area contributed by atoms with Crippen LogP contribution >= 0.6 is 11.6 Å². The van der Waals surface area contributed by atoms with E-state index < -0.39 is 18.5 Å². The summed E-state index contributed by atoms with van der Waals surface area (Å²) in [4.78, 5) is 35.8. The third-order valence-corrected chi connectivity index (χ3v) is 4.49. The standard InChI is InChI=1S/C21H23ClN2O4/c1-13-7-8-17(9-14(13)2)21(27)23-11-20(26)28-12-19(25)24-15(3)16-5-4-6-18(22)10-16/h4-10,15H,11-12H2,1-3H3,(H,23,27)(H,24,25)/t15-/m1/s1. The van der Waals surface area contributed by atoms with Crippen LogP contribution in [0.25, 0.3) is 0 Å². The van der Waals surface area contributed by atoms with Gasteiger partial charge < -0.3 is 15.4 Å². The van der Waals surface area contributed by atoms with Gasteiger partial charge in [0.05, 0.1) is 6.04 Å². The van der Waals surface area contributed by atoms with Gasteiger partial charge >= 0.3 is 5.97 Å². The van der Waals surface area contributed by atoms with Gasteiger partial charge in [-0.1, -0.05) is 29.8 Å². The lowest BCUT2D eigenvalue weighted by Crippen LogP contribution is -2.34. The molecule has 0 heterocycles. The Balaban J connectivity index is 1.74. The first-order valence-electron chi connectivity index (χ1n) is 8.82. The molecule has 148 valence electrons. The number of benzene rings is 2. The van der Waals surface area contributed by atoms with Crippen LogP contribution in [-0.2, 0) is 14.3 Å². The second-order valence-corrected chi connectivity index (χ2v) is 6.92. The van der Waals surface area contributed by atoms with Gasteiger partial charge in [0.2, 0.25) is 0 Å². The lowest BCUT2D eigenvalue weighted by Gasteiger charge is -2.14. The van der Waals surface area contributed by atoms with Crippen molar-refractivity contribution in [1.29, 1.82) is 0 Å². The van der Waals surface area contributed by atoms with Crippen molar-refractivity contribution in [2.75, 3.05) is 13.2 Å². The molecule has 0 spiro atoms. The summed E-state index contributed by atoms with van der Waals surface area (Å²) < 4.78 is 4.90. The third-order valence-electron chi connectivity index (χ3n) is 4.25. The molecule has 0 bridgehead atoms. The number of aryl methyl sites for hydroxylation is 2. The van der Waals surface area contributed by atoms with E-state index in [2.05, 4.69) is 10.6 Å². The third kappa shape index (κ3) is 6.39. The minimum absolute atomic E-state index is 0.283. The summed E-state index contributed by atoms with van der Waals surface area (Å²) in [6, 6.07) is 12.1. The summed E-state index contributed by atoms with van der Waals surface area (Å²) in [7, 11) is 0. The number of halogens is 1. The molecule has 2 aromatic carbocycles. The highest BCUT2D eigenvalue weighted by Crippen LogP contribution is 2.17. The molecule has 2 aromatic rings. The molecule has 1 atom stereocenters. The molecule has 0 aliphatic carbocycles. The molecular formula is C21H23ClN2O4. The van der Waals surface area contributed by atoms with Gasteiger partial charge in [0, 0.05) is 10.6 Å². The van der Waals surface area contributed by atoms with E-state index in [1.54, 1.807) is 37.3 Å². The van der Waals surface area contributed by atoms with Crippen LogP contribution in [0.2, 0.25) is 5.02 Å². The van der Waals surface area contributed by atoms with E-state index in [0.29, 0.717) is 10.6 Å². The van der Waals surface area contributed by atoms with Crippen LogP contribution in [0.5, 0.6) is 0 Å². The molecule has 7 heteroatoms. The largest absolute Gasteiger partial charge is 0.454 e. The number of nitrogens with one attached hydrogen (secondary N) is 2. The van der Waals surface area contributed by atoms with E-state index in [-0.39, 0.29) is 18.5 Å². The first kappa shape index (κ1) is 21.4. The topological polar surface area (TPSA) is 84.5 Å². The van der Waals surface area contributed by atoms with Crippen LogP contribution in [0.4, 0.5) is 0 Å². The predicted molar refractivity (Wildman–Crippen MR) is 107 cm³/mol. The van der Waals surface area contributed by atoms with Crippen LogP contribution < -0.4 is 10.6 Å². The van der Waals surface area contributed by atoms with Crippen molar-refractivity contribution in [3.8, 4) is 0 Å². The predicted octanol–water partition coefficient (Wildman–Crippen LogP) is 3.11. The summed E-state index contributed by atoms with van der Waals surface area (Å²) in [5, 5.41) is 5.77. The quantitative estimate of drug-likeness (QED) is 0.697. The Hall–Kier alpha value is -2.86. The second-order valence-electron chi connectivity index (χ2n) is 6.49. The summed E-state index contributed by atoms with van der Waals surface area (Å²) >= 11 is 5.93. The van der Waals surface area contributed by atoms with Crippen LogP contribution in [0.1, 0.15) is 40.0 Å². The Kier molecular flexibility index (Phi) is 7.58. The molecule has 0 aliphatic heterocycles. The molecule has 0 saturated heterocycles. The van der Waals surface area contributed by atoms with Crippen molar-refractivity contribution in [3.63, 3.8) is 0 Å². The lowest BCUT2D eigenvalue weighted by atomic mass is 10.1. The van der Waals surface area contributed by atoms with Gasteiger partial charge in [-0.2, -0.15) is 0 Å². The van der Waals surface area contributed by atoms with Crippen molar-refractivity contribution in [2.45, 2.75) is 26.8 Å². The number of hydrogen-bond acceptors (Lipinski definition) is 4. The Labute approximate surface area is 169 Å². The van der Waals surface area contributed by atoms with E-state index in [1.165, 1.54) is 0 Å². The van der Waals surface area contributed by atoms with Gasteiger partial charge in [-0.15, -0.1) is 0 Å². The lowest BCUT2D eigenvalue weighted by molar-refractivity contribution is -0.147. The number of carbonyl (C=O) groups excluding carboxylic acids is 3. The van der Waals surface area contributed by atoms with Gasteiger partial charge in [-0.25, -0.2) is 0 Å². The van der Waals surface area contributed by atoms with Gasteiger partial charge in [0.1, 0.15) is 6.54 Å². The highest BCUT2D eigenvalue weighted by Gasteiger charge is 2.13. The maximum absolute atomic E-state index is 12.1. The van der Waals surface area contributed by atoms with Crippen LogP contribution in [-0.4, -0.2) is 30.9 Å². The van der Waals surface area contributed by atoms with Gasteiger partial charge in [0.25, 0.3) is 11.8 Å². The minimum Gasteiger partial charge on any atom is -0.454 e. The molecular weight excluding hydrogens is 380 g/mol. The summed E-state index contributed by atoms with van der Waals surface area (Å²) in [6.45, 7) is 4.91.